The lowest BCUT2D eigenvalue weighted by Gasteiger charge is -2.00. The van der Waals surface area contributed by atoms with Crippen LogP contribution in [0.2, 0.25) is 0 Å². The summed E-state index contributed by atoms with van der Waals surface area (Å²) in [6, 6.07) is 13.8. The van der Waals surface area contributed by atoms with Gasteiger partial charge in [-0.3, -0.25) is 5.41 Å². The van der Waals surface area contributed by atoms with Crippen molar-refractivity contribution < 1.29 is 4.42 Å². The van der Waals surface area contributed by atoms with E-state index >= 15 is 0 Å². The maximum Gasteiger partial charge on any atom is 0.223 e. The van der Waals surface area contributed by atoms with Gasteiger partial charge in [0, 0.05) is 5.39 Å². The lowest BCUT2D eigenvalue weighted by atomic mass is 10.1. The fraction of sp³-hybridized carbons (Fsp3) is 0.111. The lowest BCUT2D eigenvalue weighted by Crippen LogP contribution is -2.03. The number of H-pyrrole nitrogens is 1. The summed E-state index contributed by atoms with van der Waals surface area (Å²) in [5, 5.41) is 9.08. The quantitative estimate of drug-likeness (QED) is 0.554. The number of aromatic amines is 1. The molecular formula is C18H15N3O. The standard InChI is InChI=1S/C18H15N3O/c1-10-7-14-15(8-11(10)2)21-18(20-14)13-9-12-5-3-4-6-16(12)22-17(13)19/h3-9,19H,1-2H3,(H,20,21). The van der Waals surface area contributed by atoms with Gasteiger partial charge in [-0.2, -0.15) is 0 Å². The minimum atomic E-state index is 0.117. The van der Waals surface area contributed by atoms with Crippen LogP contribution in [0.3, 0.4) is 0 Å². The SMILES string of the molecule is Cc1cc2nc(-c3cc4ccccc4oc3=N)[nH]c2cc1C. The molecule has 0 amide bonds. The molecule has 0 aliphatic carbocycles. The van der Waals surface area contributed by atoms with E-state index in [4.69, 9.17) is 9.83 Å². The maximum absolute atomic E-state index is 8.12. The second-order valence-corrected chi connectivity index (χ2v) is 5.57. The molecule has 0 atom stereocenters. The minimum absolute atomic E-state index is 0.117. The third-order valence-corrected chi connectivity index (χ3v) is 4.03. The molecule has 0 aliphatic rings. The Hall–Kier alpha value is -2.88. The van der Waals surface area contributed by atoms with E-state index in [-0.39, 0.29) is 5.55 Å². The maximum atomic E-state index is 8.12. The molecule has 0 aliphatic heterocycles. The predicted molar refractivity (Wildman–Crippen MR) is 86.6 cm³/mol. The summed E-state index contributed by atoms with van der Waals surface area (Å²) in [5.74, 6) is 0.666. The molecule has 4 nitrogen and oxygen atoms in total. The number of hydrogen-bond acceptors (Lipinski definition) is 3. The van der Waals surface area contributed by atoms with Crippen molar-refractivity contribution in [1.82, 2.24) is 9.97 Å². The van der Waals surface area contributed by atoms with Crippen molar-refractivity contribution in [1.29, 1.82) is 5.41 Å². The second kappa shape index (κ2) is 4.56. The van der Waals surface area contributed by atoms with Crippen molar-refractivity contribution >= 4 is 22.0 Å². The molecule has 0 fully saturated rings. The summed E-state index contributed by atoms with van der Waals surface area (Å²) in [4.78, 5) is 7.91. The molecule has 2 heterocycles. The van der Waals surface area contributed by atoms with Crippen LogP contribution < -0.4 is 5.55 Å². The molecule has 2 aromatic carbocycles. The number of aryl methyl sites for hydroxylation is 2. The second-order valence-electron chi connectivity index (χ2n) is 5.57. The van der Waals surface area contributed by atoms with Crippen molar-refractivity contribution in [2.24, 2.45) is 0 Å². The number of nitrogens with one attached hydrogen (secondary N) is 2. The van der Waals surface area contributed by atoms with Crippen molar-refractivity contribution in [2.45, 2.75) is 13.8 Å². The highest BCUT2D eigenvalue weighted by Gasteiger charge is 2.11. The minimum Gasteiger partial charge on any atom is -0.438 e. The molecule has 2 aromatic heterocycles. The summed E-state index contributed by atoms with van der Waals surface area (Å²) in [5.41, 5.74) is 5.81. The Morgan fingerprint density at radius 2 is 1.82 bits per heavy atom. The van der Waals surface area contributed by atoms with Crippen LogP contribution in [-0.2, 0) is 0 Å². The Balaban J connectivity index is 1.98. The molecule has 0 unspecified atom stereocenters. The third kappa shape index (κ3) is 1.92. The van der Waals surface area contributed by atoms with Gasteiger partial charge in [-0.05, 0) is 49.2 Å². The van der Waals surface area contributed by atoms with Gasteiger partial charge in [0.1, 0.15) is 11.4 Å². The third-order valence-electron chi connectivity index (χ3n) is 4.03. The number of benzene rings is 2. The molecule has 22 heavy (non-hydrogen) atoms. The van der Waals surface area contributed by atoms with Crippen molar-refractivity contribution in [3.8, 4) is 11.4 Å². The number of aromatic nitrogens is 2. The molecule has 2 N–H and O–H groups in total. The van der Waals surface area contributed by atoms with E-state index < -0.39 is 0 Å². The number of rotatable bonds is 1. The van der Waals surface area contributed by atoms with Gasteiger partial charge in [0.15, 0.2) is 0 Å². The van der Waals surface area contributed by atoms with E-state index in [1.807, 2.05) is 30.3 Å². The summed E-state index contributed by atoms with van der Waals surface area (Å²) in [6.45, 7) is 4.15. The first-order valence-corrected chi connectivity index (χ1v) is 7.16. The van der Waals surface area contributed by atoms with Crippen molar-refractivity contribution in [3.05, 3.63) is 59.1 Å². The van der Waals surface area contributed by atoms with Crippen LogP contribution in [0.15, 0.2) is 46.9 Å². The Morgan fingerprint density at radius 3 is 2.68 bits per heavy atom. The van der Waals surface area contributed by atoms with Crippen LogP contribution in [0.1, 0.15) is 11.1 Å². The molecule has 4 rings (SSSR count). The summed E-state index contributed by atoms with van der Waals surface area (Å²) < 4.78 is 5.60. The first-order chi connectivity index (χ1) is 10.6. The van der Waals surface area contributed by atoms with E-state index in [1.165, 1.54) is 11.1 Å². The average molecular weight is 289 g/mol. The largest absolute Gasteiger partial charge is 0.438 e. The number of para-hydroxylation sites is 1. The number of imidazole rings is 1. The highest BCUT2D eigenvalue weighted by Crippen LogP contribution is 2.23. The smallest absolute Gasteiger partial charge is 0.223 e. The monoisotopic (exact) mass is 289 g/mol. The normalized spacial score (nSPS) is 11.4. The summed E-state index contributed by atoms with van der Waals surface area (Å²) in [7, 11) is 0. The zero-order valence-corrected chi connectivity index (χ0v) is 12.4. The number of hydrogen-bond donors (Lipinski definition) is 2. The molecule has 0 saturated heterocycles. The Labute approximate surface area is 127 Å². The Bertz CT molecular complexity index is 1030. The molecule has 4 aromatic rings. The lowest BCUT2D eigenvalue weighted by molar-refractivity contribution is 0.535. The Kier molecular flexibility index (Phi) is 2.66. The molecule has 4 heteroatoms. The molecule has 108 valence electrons. The summed E-state index contributed by atoms with van der Waals surface area (Å²) >= 11 is 0. The van der Waals surface area contributed by atoms with E-state index in [9.17, 15) is 0 Å². The average Bonchev–Trinajstić information content (AvgIpc) is 2.89. The van der Waals surface area contributed by atoms with E-state index in [2.05, 4.69) is 35.9 Å². The zero-order valence-electron chi connectivity index (χ0n) is 12.4. The molecular weight excluding hydrogens is 274 g/mol. The van der Waals surface area contributed by atoms with Gasteiger partial charge in [-0.1, -0.05) is 18.2 Å². The number of fused-ring (bicyclic) bond motifs is 2. The van der Waals surface area contributed by atoms with Gasteiger partial charge in [0.2, 0.25) is 5.55 Å². The van der Waals surface area contributed by atoms with Crippen molar-refractivity contribution in [3.63, 3.8) is 0 Å². The van der Waals surface area contributed by atoms with Crippen LogP contribution in [0.25, 0.3) is 33.4 Å². The van der Waals surface area contributed by atoms with Crippen LogP contribution in [-0.4, -0.2) is 9.97 Å². The van der Waals surface area contributed by atoms with Gasteiger partial charge in [0.05, 0.1) is 16.6 Å². The van der Waals surface area contributed by atoms with Crippen LogP contribution in [0.4, 0.5) is 0 Å². The summed E-state index contributed by atoms with van der Waals surface area (Å²) in [6.07, 6.45) is 0. The first kappa shape index (κ1) is 12.8. The predicted octanol–water partition coefficient (Wildman–Crippen LogP) is 4.07. The topological polar surface area (TPSA) is 65.7 Å². The molecule has 0 saturated carbocycles. The fourth-order valence-electron chi connectivity index (χ4n) is 2.65. The van der Waals surface area contributed by atoms with Gasteiger partial charge in [-0.15, -0.1) is 0 Å². The molecule has 0 bridgehead atoms. The highest BCUT2D eigenvalue weighted by atomic mass is 16.3. The van der Waals surface area contributed by atoms with E-state index in [0.29, 0.717) is 17.0 Å². The molecule has 0 radical (unpaired) electrons. The van der Waals surface area contributed by atoms with Gasteiger partial charge in [0.25, 0.3) is 0 Å². The van der Waals surface area contributed by atoms with E-state index in [0.717, 1.165) is 16.4 Å². The van der Waals surface area contributed by atoms with Crippen LogP contribution in [0.5, 0.6) is 0 Å². The Morgan fingerprint density at radius 1 is 1.05 bits per heavy atom. The number of nitrogens with zero attached hydrogens (tertiary/aromatic N) is 1. The van der Waals surface area contributed by atoms with Crippen LogP contribution >= 0.6 is 0 Å². The fourth-order valence-corrected chi connectivity index (χ4v) is 2.65. The molecule has 0 spiro atoms. The highest BCUT2D eigenvalue weighted by molar-refractivity contribution is 5.84. The van der Waals surface area contributed by atoms with Crippen LogP contribution in [0, 0.1) is 19.3 Å². The van der Waals surface area contributed by atoms with Gasteiger partial charge < -0.3 is 9.40 Å². The van der Waals surface area contributed by atoms with Gasteiger partial charge >= 0.3 is 0 Å². The first-order valence-electron chi connectivity index (χ1n) is 7.16. The van der Waals surface area contributed by atoms with Crippen molar-refractivity contribution in [2.75, 3.05) is 0 Å². The van der Waals surface area contributed by atoms with E-state index in [1.54, 1.807) is 0 Å². The van der Waals surface area contributed by atoms with Gasteiger partial charge in [-0.25, -0.2) is 4.98 Å². The zero-order chi connectivity index (χ0) is 15.3.